The van der Waals surface area contributed by atoms with Gasteiger partial charge < -0.3 is 13.9 Å². The van der Waals surface area contributed by atoms with E-state index in [9.17, 15) is 14.9 Å². The fraction of sp³-hybridized carbons (Fsp3) is 0.100. The van der Waals surface area contributed by atoms with Crippen molar-refractivity contribution >= 4 is 23.6 Å². The molecule has 94 valence electrons. The van der Waals surface area contributed by atoms with Crippen molar-refractivity contribution in [3.63, 3.8) is 0 Å². The van der Waals surface area contributed by atoms with Crippen LogP contribution in [0.15, 0.2) is 38.2 Å². The highest BCUT2D eigenvalue weighted by Crippen LogP contribution is 2.27. The molecule has 0 aliphatic rings. The molecule has 0 unspecified atom stereocenters. The lowest BCUT2D eigenvalue weighted by atomic mass is 10.5. The van der Waals surface area contributed by atoms with Gasteiger partial charge in [0.05, 0.1) is 11.8 Å². The maximum absolute atomic E-state index is 10.6. The quantitative estimate of drug-likeness (QED) is 0.505. The first-order valence-corrected chi connectivity index (χ1v) is 5.74. The van der Waals surface area contributed by atoms with E-state index < -0.39 is 10.9 Å². The van der Waals surface area contributed by atoms with Gasteiger partial charge in [-0.3, -0.25) is 10.1 Å². The Balaban J connectivity index is 1.97. The lowest BCUT2D eigenvalue weighted by molar-refractivity contribution is -0.402. The molecule has 2 heterocycles. The van der Waals surface area contributed by atoms with Crippen molar-refractivity contribution in [1.82, 2.24) is 0 Å². The van der Waals surface area contributed by atoms with Crippen molar-refractivity contribution in [3.8, 4) is 0 Å². The Labute approximate surface area is 105 Å². The SMILES string of the molecule is O=C(O)c1ccc(SCc2ccc([N+](=O)[O-])o2)o1. The Morgan fingerprint density at radius 3 is 2.67 bits per heavy atom. The summed E-state index contributed by atoms with van der Waals surface area (Å²) in [5.74, 6) is -0.880. The molecule has 1 N–H and O–H groups in total. The van der Waals surface area contributed by atoms with Gasteiger partial charge in [-0.2, -0.15) is 0 Å². The van der Waals surface area contributed by atoms with Crippen LogP contribution in [0.4, 0.5) is 5.88 Å². The summed E-state index contributed by atoms with van der Waals surface area (Å²) in [7, 11) is 0. The van der Waals surface area contributed by atoms with Crippen molar-refractivity contribution in [3.05, 3.63) is 45.9 Å². The molecule has 0 aliphatic carbocycles. The maximum Gasteiger partial charge on any atom is 0.433 e. The first-order chi connectivity index (χ1) is 8.56. The average molecular weight is 269 g/mol. The summed E-state index contributed by atoms with van der Waals surface area (Å²) in [5, 5.41) is 19.4. The maximum atomic E-state index is 10.6. The van der Waals surface area contributed by atoms with Gasteiger partial charge in [0, 0.05) is 0 Å². The predicted octanol–water partition coefficient (Wildman–Crippen LogP) is 2.77. The van der Waals surface area contributed by atoms with E-state index in [1.807, 2.05) is 0 Å². The van der Waals surface area contributed by atoms with Crippen LogP contribution < -0.4 is 0 Å². The van der Waals surface area contributed by atoms with Crippen LogP contribution in [0.2, 0.25) is 0 Å². The van der Waals surface area contributed by atoms with Crippen LogP contribution in [-0.2, 0) is 5.75 Å². The molecule has 0 saturated heterocycles. The van der Waals surface area contributed by atoms with Gasteiger partial charge in [-0.05, 0) is 18.2 Å². The number of hydrogen-bond acceptors (Lipinski definition) is 6. The molecule has 0 saturated carbocycles. The largest absolute Gasteiger partial charge is 0.475 e. The zero-order chi connectivity index (χ0) is 13.1. The summed E-state index contributed by atoms with van der Waals surface area (Å²) < 4.78 is 9.95. The van der Waals surface area contributed by atoms with Gasteiger partial charge in [0.25, 0.3) is 0 Å². The summed E-state index contributed by atoms with van der Waals surface area (Å²) >= 11 is 1.19. The van der Waals surface area contributed by atoms with Crippen LogP contribution in [0.3, 0.4) is 0 Å². The van der Waals surface area contributed by atoms with E-state index in [1.54, 1.807) is 0 Å². The first kappa shape index (κ1) is 12.2. The Hall–Kier alpha value is -2.22. The normalized spacial score (nSPS) is 10.4. The van der Waals surface area contributed by atoms with Crippen LogP contribution in [0.5, 0.6) is 0 Å². The second kappa shape index (κ2) is 4.96. The highest BCUT2D eigenvalue weighted by atomic mass is 32.2. The number of aromatic carboxylic acids is 1. The third kappa shape index (κ3) is 2.72. The molecule has 2 aromatic rings. The summed E-state index contributed by atoms with van der Waals surface area (Å²) in [5.41, 5.74) is 0. The second-order valence-electron chi connectivity index (χ2n) is 3.21. The Morgan fingerprint density at radius 2 is 2.11 bits per heavy atom. The highest BCUT2D eigenvalue weighted by molar-refractivity contribution is 7.98. The smallest absolute Gasteiger partial charge is 0.433 e. The van der Waals surface area contributed by atoms with E-state index in [4.69, 9.17) is 13.9 Å². The van der Waals surface area contributed by atoms with E-state index in [0.29, 0.717) is 16.6 Å². The monoisotopic (exact) mass is 269 g/mol. The Bertz CT molecular complexity index is 534. The van der Waals surface area contributed by atoms with E-state index in [1.165, 1.54) is 36.0 Å². The standard InChI is InChI=1S/C10H7NO6S/c12-10(13)7-2-4-9(17-7)18-5-6-1-3-8(16-6)11(14)15/h1-4H,5H2,(H,12,13). The summed E-state index contributed by atoms with van der Waals surface area (Å²) in [6.07, 6.45) is 0. The fourth-order valence-corrected chi connectivity index (χ4v) is 1.95. The highest BCUT2D eigenvalue weighted by Gasteiger charge is 2.13. The third-order valence-corrected chi connectivity index (χ3v) is 2.91. The van der Waals surface area contributed by atoms with E-state index >= 15 is 0 Å². The van der Waals surface area contributed by atoms with E-state index in [0.717, 1.165) is 0 Å². The number of hydrogen-bond donors (Lipinski definition) is 1. The summed E-state index contributed by atoms with van der Waals surface area (Å²) in [6.45, 7) is 0. The number of furan rings is 2. The lowest BCUT2D eigenvalue weighted by Crippen LogP contribution is -1.91. The molecule has 0 atom stereocenters. The van der Waals surface area contributed by atoms with Crippen molar-refractivity contribution in [2.24, 2.45) is 0 Å². The van der Waals surface area contributed by atoms with E-state index in [2.05, 4.69) is 0 Å². The molecule has 2 aromatic heterocycles. The minimum absolute atomic E-state index is 0.150. The molecular weight excluding hydrogens is 262 g/mol. The number of thioether (sulfide) groups is 1. The number of nitrogens with zero attached hydrogens (tertiary/aromatic N) is 1. The second-order valence-corrected chi connectivity index (χ2v) is 4.19. The molecule has 8 heteroatoms. The van der Waals surface area contributed by atoms with Crippen LogP contribution in [0.1, 0.15) is 16.3 Å². The molecule has 0 bridgehead atoms. The van der Waals surface area contributed by atoms with Gasteiger partial charge in [0.1, 0.15) is 10.7 Å². The van der Waals surface area contributed by atoms with Gasteiger partial charge >= 0.3 is 11.9 Å². The Kier molecular flexibility index (Phi) is 3.38. The molecule has 0 fully saturated rings. The topological polar surface area (TPSA) is 107 Å². The van der Waals surface area contributed by atoms with Crippen molar-refractivity contribution in [2.75, 3.05) is 0 Å². The van der Waals surface area contributed by atoms with Crippen molar-refractivity contribution < 1.29 is 23.7 Å². The summed E-state index contributed by atoms with van der Waals surface area (Å²) in [6, 6.07) is 5.62. The average Bonchev–Trinajstić information content (AvgIpc) is 2.95. The number of nitro groups is 1. The third-order valence-electron chi connectivity index (χ3n) is 1.98. The van der Waals surface area contributed by atoms with Crippen molar-refractivity contribution in [2.45, 2.75) is 10.8 Å². The lowest BCUT2D eigenvalue weighted by Gasteiger charge is -1.93. The van der Waals surface area contributed by atoms with Gasteiger partial charge in [0.15, 0.2) is 5.09 Å². The number of rotatable bonds is 5. The summed E-state index contributed by atoms with van der Waals surface area (Å²) in [4.78, 5) is 20.3. The minimum Gasteiger partial charge on any atom is -0.475 e. The Morgan fingerprint density at radius 1 is 1.33 bits per heavy atom. The minimum atomic E-state index is -1.14. The number of carbonyl (C=O) groups is 1. The molecular formula is C10H7NO6S. The van der Waals surface area contributed by atoms with Crippen LogP contribution in [-0.4, -0.2) is 16.0 Å². The van der Waals surface area contributed by atoms with Gasteiger partial charge in [-0.25, -0.2) is 4.79 Å². The molecule has 18 heavy (non-hydrogen) atoms. The molecule has 7 nitrogen and oxygen atoms in total. The zero-order valence-electron chi connectivity index (χ0n) is 8.86. The molecule has 0 amide bonds. The zero-order valence-corrected chi connectivity index (χ0v) is 9.68. The molecule has 0 radical (unpaired) electrons. The van der Waals surface area contributed by atoms with Crippen LogP contribution in [0, 0.1) is 10.1 Å². The molecule has 0 aromatic carbocycles. The van der Waals surface area contributed by atoms with Crippen LogP contribution >= 0.6 is 11.8 Å². The molecule has 0 aliphatic heterocycles. The predicted molar refractivity (Wildman–Crippen MR) is 60.6 cm³/mol. The molecule has 0 spiro atoms. The number of carboxylic acid groups (broad SMARTS) is 1. The first-order valence-electron chi connectivity index (χ1n) is 4.75. The fourth-order valence-electron chi connectivity index (χ4n) is 1.20. The van der Waals surface area contributed by atoms with E-state index in [-0.39, 0.29) is 11.6 Å². The van der Waals surface area contributed by atoms with Gasteiger partial charge in [-0.1, -0.05) is 11.8 Å². The van der Waals surface area contributed by atoms with Crippen molar-refractivity contribution in [1.29, 1.82) is 0 Å². The van der Waals surface area contributed by atoms with Crippen LogP contribution in [0.25, 0.3) is 0 Å². The molecule has 2 rings (SSSR count). The van der Waals surface area contributed by atoms with Gasteiger partial charge in [-0.15, -0.1) is 0 Å². The number of carboxylic acids is 1. The van der Waals surface area contributed by atoms with Gasteiger partial charge in [0.2, 0.25) is 5.76 Å².